The molecule has 2 rings (SSSR count). The Balaban J connectivity index is 1.91. The van der Waals surface area contributed by atoms with Gasteiger partial charge in [0, 0.05) is 6.04 Å². The van der Waals surface area contributed by atoms with Gasteiger partial charge in [0.05, 0.1) is 6.20 Å². The summed E-state index contributed by atoms with van der Waals surface area (Å²) < 4.78 is 6.79. The largest absolute Gasteiger partial charge is 0.444 e. The van der Waals surface area contributed by atoms with Crippen molar-refractivity contribution in [3.05, 3.63) is 47.2 Å². The first-order valence-electron chi connectivity index (χ1n) is 6.28. The molecule has 0 radical (unpaired) electrons. The van der Waals surface area contributed by atoms with E-state index >= 15 is 0 Å². The van der Waals surface area contributed by atoms with Crippen LogP contribution in [0.1, 0.15) is 25.5 Å². The molecule has 6 heteroatoms. The molecule has 1 amide bonds. The minimum absolute atomic E-state index is 0.170. The minimum Gasteiger partial charge on any atom is -0.444 e. The van der Waals surface area contributed by atoms with Crippen LogP contribution >= 0.6 is 11.6 Å². The fourth-order valence-corrected chi connectivity index (χ4v) is 1.77. The molecule has 0 aliphatic carbocycles. The maximum Gasteiger partial charge on any atom is 0.412 e. The predicted molar refractivity (Wildman–Crippen MR) is 77.9 cm³/mol. The quantitative estimate of drug-likeness (QED) is 0.931. The van der Waals surface area contributed by atoms with Crippen LogP contribution in [-0.4, -0.2) is 15.9 Å². The number of carbonyl (C=O) groups is 1. The Morgan fingerprint density at radius 1 is 1.40 bits per heavy atom. The van der Waals surface area contributed by atoms with Crippen LogP contribution in [0, 0.1) is 0 Å². The lowest BCUT2D eigenvalue weighted by Gasteiger charge is -2.06. The Kier molecular flexibility index (Phi) is 4.63. The summed E-state index contributed by atoms with van der Waals surface area (Å²) in [6.07, 6.45) is 1.12. The number of rotatable bonds is 4. The van der Waals surface area contributed by atoms with Crippen LogP contribution < -0.4 is 5.32 Å². The molecule has 0 spiro atoms. The molecule has 0 aliphatic heterocycles. The van der Waals surface area contributed by atoms with Gasteiger partial charge in [-0.3, -0.25) is 10.00 Å². The van der Waals surface area contributed by atoms with Crippen LogP contribution in [0.2, 0.25) is 5.15 Å². The Hall–Kier alpha value is -2.01. The number of nitrogens with one attached hydrogen (secondary N) is 1. The SMILES string of the molecule is CC(C)n1cc(NC(=O)OCc2ccccc2)c(Cl)n1. The third kappa shape index (κ3) is 3.74. The van der Waals surface area contributed by atoms with E-state index in [1.165, 1.54) is 0 Å². The van der Waals surface area contributed by atoms with E-state index in [2.05, 4.69) is 10.4 Å². The molecular formula is C14H16ClN3O2. The monoisotopic (exact) mass is 293 g/mol. The second kappa shape index (κ2) is 6.43. The molecule has 0 atom stereocenters. The zero-order valence-corrected chi connectivity index (χ0v) is 12.1. The van der Waals surface area contributed by atoms with E-state index in [-0.39, 0.29) is 17.8 Å². The van der Waals surface area contributed by atoms with Gasteiger partial charge < -0.3 is 4.74 Å². The molecule has 1 N–H and O–H groups in total. The maximum absolute atomic E-state index is 11.7. The minimum atomic E-state index is -0.556. The summed E-state index contributed by atoms with van der Waals surface area (Å²) in [5.41, 5.74) is 1.37. The normalized spacial score (nSPS) is 10.6. The number of amides is 1. The summed E-state index contributed by atoms with van der Waals surface area (Å²) >= 11 is 5.95. The molecule has 1 heterocycles. The molecule has 0 saturated heterocycles. The molecule has 20 heavy (non-hydrogen) atoms. The second-order valence-electron chi connectivity index (χ2n) is 4.59. The number of aromatic nitrogens is 2. The maximum atomic E-state index is 11.7. The lowest BCUT2D eigenvalue weighted by atomic mass is 10.2. The summed E-state index contributed by atoms with van der Waals surface area (Å²) in [4.78, 5) is 11.7. The average molecular weight is 294 g/mol. The van der Waals surface area contributed by atoms with Crippen molar-refractivity contribution in [2.75, 3.05) is 5.32 Å². The van der Waals surface area contributed by atoms with Gasteiger partial charge in [0.1, 0.15) is 12.3 Å². The average Bonchev–Trinajstić information content (AvgIpc) is 2.79. The van der Waals surface area contributed by atoms with E-state index in [4.69, 9.17) is 16.3 Å². The predicted octanol–water partition coefficient (Wildman–Crippen LogP) is 3.87. The summed E-state index contributed by atoms with van der Waals surface area (Å²) in [6.45, 7) is 4.16. The van der Waals surface area contributed by atoms with Crippen LogP contribution in [0.5, 0.6) is 0 Å². The molecule has 0 unspecified atom stereocenters. The van der Waals surface area contributed by atoms with Crippen molar-refractivity contribution in [1.82, 2.24) is 9.78 Å². The Morgan fingerprint density at radius 2 is 2.10 bits per heavy atom. The van der Waals surface area contributed by atoms with Crippen molar-refractivity contribution in [2.45, 2.75) is 26.5 Å². The van der Waals surface area contributed by atoms with Crippen LogP contribution in [0.4, 0.5) is 10.5 Å². The van der Waals surface area contributed by atoms with Gasteiger partial charge in [0.25, 0.3) is 0 Å². The summed E-state index contributed by atoms with van der Waals surface area (Å²) in [5, 5.41) is 6.92. The van der Waals surface area contributed by atoms with Gasteiger partial charge in [-0.05, 0) is 19.4 Å². The molecule has 0 saturated carbocycles. The summed E-state index contributed by atoms with van der Waals surface area (Å²) in [7, 11) is 0. The summed E-state index contributed by atoms with van der Waals surface area (Å²) in [6, 6.07) is 9.63. The highest BCUT2D eigenvalue weighted by Crippen LogP contribution is 2.21. The highest BCUT2D eigenvalue weighted by molar-refractivity contribution is 6.32. The van der Waals surface area contributed by atoms with E-state index in [0.29, 0.717) is 5.69 Å². The number of ether oxygens (including phenoxy) is 1. The highest BCUT2D eigenvalue weighted by Gasteiger charge is 2.12. The molecule has 5 nitrogen and oxygen atoms in total. The van der Waals surface area contributed by atoms with E-state index in [9.17, 15) is 4.79 Å². The van der Waals surface area contributed by atoms with Gasteiger partial charge in [-0.15, -0.1) is 0 Å². The highest BCUT2D eigenvalue weighted by atomic mass is 35.5. The first-order chi connectivity index (χ1) is 9.56. The zero-order valence-electron chi connectivity index (χ0n) is 11.3. The van der Waals surface area contributed by atoms with E-state index in [0.717, 1.165) is 5.56 Å². The van der Waals surface area contributed by atoms with E-state index in [1.807, 2.05) is 44.2 Å². The van der Waals surface area contributed by atoms with Crippen LogP contribution in [0.25, 0.3) is 0 Å². The lowest BCUT2D eigenvalue weighted by molar-refractivity contribution is 0.155. The van der Waals surface area contributed by atoms with Gasteiger partial charge in [-0.2, -0.15) is 5.10 Å². The topological polar surface area (TPSA) is 56.2 Å². The van der Waals surface area contributed by atoms with Crippen molar-refractivity contribution in [3.8, 4) is 0 Å². The Labute approximate surface area is 122 Å². The number of hydrogen-bond acceptors (Lipinski definition) is 3. The van der Waals surface area contributed by atoms with Gasteiger partial charge in [0.15, 0.2) is 5.15 Å². The molecule has 1 aromatic carbocycles. The number of halogens is 1. The first-order valence-corrected chi connectivity index (χ1v) is 6.66. The zero-order chi connectivity index (χ0) is 14.5. The van der Waals surface area contributed by atoms with Crippen LogP contribution in [0.15, 0.2) is 36.5 Å². The Morgan fingerprint density at radius 3 is 2.70 bits per heavy atom. The van der Waals surface area contributed by atoms with Crippen molar-refractivity contribution in [1.29, 1.82) is 0 Å². The Bertz CT molecular complexity index is 581. The lowest BCUT2D eigenvalue weighted by Crippen LogP contribution is -2.13. The summed E-state index contributed by atoms with van der Waals surface area (Å²) in [5.74, 6) is 0. The number of hydrogen-bond donors (Lipinski definition) is 1. The van der Waals surface area contributed by atoms with Gasteiger partial charge in [-0.25, -0.2) is 4.79 Å². The third-order valence-corrected chi connectivity index (χ3v) is 2.94. The smallest absolute Gasteiger partial charge is 0.412 e. The van der Waals surface area contributed by atoms with E-state index < -0.39 is 6.09 Å². The van der Waals surface area contributed by atoms with Crippen molar-refractivity contribution in [2.24, 2.45) is 0 Å². The second-order valence-corrected chi connectivity index (χ2v) is 4.95. The number of anilines is 1. The number of benzene rings is 1. The molecule has 2 aromatic rings. The van der Waals surface area contributed by atoms with Crippen molar-refractivity contribution >= 4 is 23.4 Å². The van der Waals surface area contributed by atoms with Crippen LogP contribution in [-0.2, 0) is 11.3 Å². The molecule has 1 aromatic heterocycles. The van der Waals surface area contributed by atoms with Gasteiger partial charge in [-0.1, -0.05) is 41.9 Å². The van der Waals surface area contributed by atoms with E-state index in [1.54, 1.807) is 10.9 Å². The standard InChI is InChI=1S/C14H16ClN3O2/c1-10(2)18-8-12(13(15)17-18)16-14(19)20-9-11-6-4-3-5-7-11/h3-8,10H,9H2,1-2H3,(H,16,19). The fraction of sp³-hybridized carbons (Fsp3) is 0.286. The molecule has 0 aliphatic rings. The fourth-order valence-electron chi connectivity index (χ4n) is 1.59. The van der Waals surface area contributed by atoms with Gasteiger partial charge >= 0.3 is 6.09 Å². The number of carbonyl (C=O) groups excluding carboxylic acids is 1. The molecule has 0 fully saturated rings. The molecule has 0 bridgehead atoms. The van der Waals surface area contributed by atoms with Crippen molar-refractivity contribution < 1.29 is 9.53 Å². The van der Waals surface area contributed by atoms with Gasteiger partial charge in [0.2, 0.25) is 0 Å². The number of nitrogens with zero attached hydrogens (tertiary/aromatic N) is 2. The molecular weight excluding hydrogens is 278 g/mol. The first kappa shape index (κ1) is 14.4. The third-order valence-electron chi connectivity index (χ3n) is 2.67. The molecule has 106 valence electrons. The van der Waals surface area contributed by atoms with Crippen molar-refractivity contribution in [3.63, 3.8) is 0 Å². The van der Waals surface area contributed by atoms with Crippen LogP contribution in [0.3, 0.4) is 0 Å².